The lowest BCUT2D eigenvalue weighted by Gasteiger charge is -2.60. The molecule has 0 atom stereocenters. The summed E-state index contributed by atoms with van der Waals surface area (Å²) in [4.78, 5) is 7.25. The number of aromatic nitrogens is 2. The van der Waals surface area contributed by atoms with E-state index >= 15 is 0 Å². The molecule has 4 aliphatic heterocycles. The summed E-state index contributed by atoms with van der Waals surface area (Å²) in [7, 11) is 0. The van der Waals surface area contributed by atoms with Crippen LogP contribution in [0.4, 0.5) is 0 Å². The van der Waals surface area contributed by atoms with Crippen molar-refractivity contribution in [3.8, 4) is 0 Å². The summed E-state index contributed by atoms with van der Waals surface area (Å²) in [6.45, 7) is 8.49. The van der Waals surface area contributed by atoms with Crippen molar-refractivity contribution in [1.29, 1.82) is 0 Å². The van der Waals surface area contributed by atoms with Crippen LogP contribution in [-0.4, -0.2) is 87.0 Å². The van der Waals surface area contributed by atoms with Crippen molar-refractivity contribution in [2.24, 2.45) is 5.16 Å². The monoisotopic (exact) mass is 359 g/mol. The molecular formula is C11H18BrN7O2. The van der Waals surface area contributed by atoms with Gasteiger partial charge in [0.25, 0.3) is 0 Å². The first-order chi connectivity index (χ1) is 9.67. The molecule has 0 amide bonds. The number of hydrogen-bond donors (Lipinski definition) is 1. The molecule has 4 saturated heterocycles. The molecule has 10 heteroatoms. The molecule has 5 rings (SSSR count). The fraction of sp³-hybridized carbons (Fsp3) is 0.727. The molecule has 9 nitrogen and oxygen atoms in total. The van der Waals surface area contributed by atoms with E-state index in [0.717, 1.165) is 44.5 Å². The van der Waals surface area contributed by atoms with E-state index in [4.69, 9.17) is 4.63 Å². The average molecular weight is 360 g/mol. The summed E-state index contributed by atoms with van der Waals surface area (Å²) in [6, 6.07) is 0. The number of aryl methyl sites for hydroxylation is 1. The van der Waals surface area contributed by atoms with Crippen molar-refractivity contribution in [3.05, 3.63) is 11.4 Å². The van der Waals surface area contributed by atoms with Gasteiger partial charge in [0.15, 0.2) is 11.4 Å². The standard InChI is InChI=1S/C11H17N7O2.BrH/c1-9-11(14-20-13-9)10(12-19)2-18-6-15-3-16(7-18)5-17(4-15)8-18;/h2-8H2,1H3;1H/b12-10+;. The van der Waals surface area contributed by atoms with E-state index in [9.17, 15) is 5.21 Å². The molecule has 0 spiro atoms. The van der Waals surface area contributed by atoms with Crippen molar-refractivity contribution in [1.82, 2.24) is 25.0 Å². The summed E-state index contributed by atoms with van der Waals surface area (Å²) in [6.07, 6.45) is 0. The lowest BCUT2D eigenvalue weighted by atomic mass is 10.1. The van der Waals surface area contributed by atoms with E-state index in [1.54, 1.807) is 6.92 Å². The van der Waals surface area contributed by atoms with Gasteiger partial charge < -0.3 is 22.2 Å². The van der Waals surface area contributed by atoms with E-state index < -0.39 is 0 Å². The molecule has 116 valence electrons. The predicted octanol–water partition coefficient (Wildman–Crippen LogP) is -3.93. The van der Waals surface area contributed by atoms with E-state index in [1.165, 1.54) is 0 Å². The average Bonchev–Trinajstić information content (AvgIpc) is 2.80. The molecule has 21 heavy (non-hydrogen) atoms. The summed E-state index contributed by atoms with van der Waals surface area (Å²) in [5, 5.41) is 20.4. The maximum absolute atomic E-state index is 9.35. The van der Waals surface area contributed by atoms with E-state index in [0.29, 0.717) is 23.6 Å². The fourth-order valence-electron chi connectivity index (χ4n) is 3.77. The Hall–Kier alpha value is -1.07. The second-order valence-corrected chi connectivity index (χ2v) is 6.11. The smallest absolute Gasteiger partial charge is 0.165 e. The van der Waals surface area contributed by atoms with Gasteiger partial charge in [-0.15, -0.1) is 0 Å². The minimum absolute atomic E-state index is 0. The third kappa shape index (κ3) is 2.46. The van der Waals surface area contributed by atoms with Gasteiger partial charge in [0.2, 0.25) is 0 Å². The van der Waals surface area contributed by atoms with E-state index in [2.05, 4.69) is 30.2 Å². The van der Waals surface area contributed by atoms with Gasteiger partial charge in [-0.3, -0.25) is 4.48 Å². The Labute approximate surface area is 132 Å². The third-order valence-electron chi connectivity index (χ3n) is 4.23. The molecule has 0 unspecified atom stereocenters. The molecule has 4 aliphatic rings. The van der Waals surface area contributed by atoms with Crippen molar-refractivity contribution < 1.29 is 31.3 Å². The van der Waals surface area contributed by atoms with E-state index in [1.807, 2.05) is 0 Å². The van der Waals surface area contributed by atoms with Gasteiger partial charge in [-0.1, -0.05) is 10.3 Å². The first kappa shape index (κ1) is 14.9. The summed E-state index contributed by atoms with van der Waals surface area (Å²) >= 11 is 0. The molecule has 0 aliphatic carbocycles. The zero-order chi connectivity index (χ0) is 13.7. The quantitative estimate of drug-likeness (QED) is 0.255. The fourth-order valence-corrected chi connectivity index (χ4v) is 3.77. The van der Waals surface area contributed by atoms with Crippen LogP contribution in [0.3, 0.4) is 0 Å². The Bertz CT molecular complexity index is 525. The Kier molecular flexibility index (Phi) is 3.74. The first-order valence-electron chi connectivity index (χ1n) is 6.70. The van der Waals surface area contributed by atoms with E-state index in [-0.39, 0.29) is 17.0 Å². The molecule has 1 aromatic heterocycles. The van der Waals surface area contributed by atoms with Crippen LogP contribution in [0.1, 0.15) is 11.4 Å². The highest BCUT2D eigenvalue weighted by Crippen LogP contribution is 2.29. The lowest BCUT2D eigenvalue weighted by molar-refractivity contribution is -0.972. The number of rotatable bonds is 3. The Morgan fingerprint density at radius 2 is 1.76 bits per heavy atom. The van der Waals surface area contributed by atoms with Gasteiger partial charge in [-0.05, 0) is 12.1 Å². The minimum atomic E-state index is 0. The largest absolute Gasteiger partial charge is 1.00 e. The number of hydrogen-bond acceptors (Lipinski definition) is 8. The molecular weight excluding hydrogens is 342 g/mol. The van der Waals surface area contributed by atoms with Gasteiger partial charge in [-0.25, -0.2) is 19.3 Å². The second kappa shape index (κ2) is 5.29. The zero-order valence-electron chi connectivity index (χ0n) is 11.8. The van der Waals surface area contributed by atoms with Crippen LogP contribution in [0.15, 0.2) is 9.78 Å². The van der Waals surface area contributed by atoms with Gasteiger partial charge in [-0.2, -0.15) is 0 Å². The Morgan fingerprint density at radius 1 is 1.19 bits per heavy atom. The zero-order valence-corrected chi connectivity index (χ0v) is 13.4. The SMILES string of the molecule is Cc1nonc1/C(C[N+]12CN3CN(CN(C3)C1)C2)=N/O.[Br-]. The molecule has 0 radical (unpaired) electrons. The van der Waals surface area contributed by atoms with Crippen LogP contribution in [0, 0.1) is 6.92 Å². The minimum Gasteiger partial charge on any atom is -1.00 e. The van der Waals surface area contributed by atoms with Crippen LogP contribution >= 0.6 is 0 Å². The Morgan fingerprint density at radius 3 is 2.19 bits per heavy atom. The summed E-state index contributed by atoms with van der Waals surface area (Å²) in [5.41, 5.74) is 1.77. The van der Waals surface area contributed by atoms with Gasteiger partial charge >= 0.3 is 0 Å². The molecule has 0 saturated carbocycles. The van der Waals surface area contributed by atoms with Crippen LogP contribution in [0.2, 0.25) is 0 Å². The topological polar surface area (TPSA) is 81.2 Å². The normalized spacial score (nSPS) is 37.6. The second-order valence-electron chi connectivity index (χ2n) is 6.11. The van der Waals surface area contributed by atoms with Crippen LogP contribution in [-0.2, 0) is 0 Å². The predicted molar refractivity (Wildman–Crippen MR) is 67.2 cm³/mol. The number of quaternary nitrogens is 1. The van der Waals surface area contributed by atoms with Crippen LogP contribution in [0.5, 0.6) is 0 Å². The highest BCUT2D eigenvalue weighted by Gasteiger charge is 2.49. The van der Waals surface area contributed by atoms with Gasteiger partial charge in [0, 0.05) is 0 Å². The maximum atomic E-state index is 9.35. The van der Waals surface area contributed by atoms with Crippen LogP contribution < -0.4 is 17.0 Å². The maximum Gasteiger partial charge on any atom is 0.165 e. The molecule has 4 bridgehead atoms. The Balaban J connectivity index is 0.00000132. The van der Waals surface area contributed by atoms with Gasteiger partial charge in [0.1, 0.15) is 32.2 Å². The third-order valence-corrected chi connectivity index (χ3v) is 4.23. The highest BCUT2D eigenvalue weighted by atomic mass is 79.9. The molecule has 1 aromatic rings. The first-order valence-corrected chi connectivity index (χ1v) is 6.70. The molecule has 0 aromatic carbocycles. The molecule has 5 heterocycles. The number of halogens is 1. The number of nitrogens with zero attached hydrogens (tertiary/aromatic N) is 7. The van der Waals surface area contributed by atoms with Crippen LogP contribution in [0.25, 0.3) is 0 Å². The molecule has 1 N–H and O–H groups in total. The highest BCUT2D eigenvalue weighted by molar-refractivity contribution is 6.00. The molecule has 4 fully saturated rings. The van der Waals surface area contributed by atoms with Crippen molar-refractivity contribution in [2.45, 2.75) is 6.92 Å². The summed E-state index contributed by atoms with van der Waals surface area (Å²) < 4.78 is 5.57. The van der Waals surface area contributed by atoms with Crippen molar-refractivity contribution in [2.75, 3.05) is 46.6 Å². The number of oxime groups is 1. The summed E-state index contributed by atoms with van der Waals surface area (Å²) in [5.74, 6) is 0. The lowest BCUT2D eigenvalue weighted by Crippen LogP contribution is -3.00. The van der Waals surface area contributed by atoms with Gasteiger partial charge in [0.05, 0.1) is 20.0 Å². The van der Waals surface area contributed by atoms with Crippen molar-refractivity contribution in [3.63, 3.8) is 0 Å². The van der Waals surface area contributed by atoms with Crippen molar-refractivity contribution >= 4 is 5.71 Å².